The number of hydrogen-bond acceptors (Lipinski definition) is 4. The number of methoxy groups -OCH3 is 1. The first-order chi connectivity index (χ1) is 13.9. The standard InChI is InChI=1S/C21H22ClN3O4/c1-11(26)16-10-14(19(27)23-17-9-12(22)7-8-18(17)29-2)21(25-16)13-5-3-4-6-15(13)24-20(21)28/h3-9,11,14,16,25-26H,10H2,1-2H3,(H,23,27)(H,24,28)/p+1/t11-,14+,16+,21-/m0/s1. The van der Waals surface area contributed by atoms with Crippen LogP contribution in [0.1, 0.15) is 18.9 Å². The highest BCUT2D eigenvalue weighted by Gasteiger charge is 2.64. The van der Waals surface area contributed by atoms with Crippen molar-refractivity contribution in [1.29, 1.82) is 0 Å². The Morgan fingerprint density at radius 3 is 2.86 bits per heavy atom. The summed E-state index contributed by atoms with van der Waals surface area (Å²) in [5.74, 6) is -0.784. The molecule has 5 N–H and O–H groups in total. The fourth-order valence-corrected chi connectivity index (χ4v) is 4.61. The monoisotopic (exact) mass is 416 g/mol. The second-order valence-corrected chi connectivity index (χ2v) is 8.00. The number of amides is 2. The van der Waals surface area contributed by atoms with Crippen LogP contribution in [0.25, 0.3) is 0 Å². The van der Waals surface area contributed by atoms with Crippen molar-refractivity contribution in [3.05, 3.63) is 53.1 Å². The first kappa shape index (κ1) is 19.7. The molecule has 1 saturated heterocycles. The molecular weight excluding hydrogens is 394 g/mol. The topological polar surface area (TPSA) is 104 Å². The summed E-state index contributed by atoms with van der Waals surface area (Å²) in [6.07, 6.45) is -0.320. The van der Waals surface area contributed by atoms with Crippen molar-refractivity contribution in [3.63, 3.8) is 0 Å². The minimum atomic E-state index is -1.13. The lowest BCUT2D eigenvalue weighted by Gasteiger charge is -2.26. The van der Waals surface area contributed by atoms with Gasteiger partial charge in [-0.05, 0) is 31.2 Å². The summed E-state index contributed by atoms with van der Waals surface area (Å²) in [7, 11) is 1.51. The highest BCUT2D eigenvalue weighted by Crippen LogP contribution is 2.43. The Kier molecular flexibility index (Phi) is 4.98. The number of para-hydroxylation sites is 1. The predicted octanol–water partition coefficient (Wildman–Crippen LogP) is 1.47. The zero-order valence-corrected chi connectivity index (χ0v) is 16.9. The number of anilines is 2. The number of carbonyl (C=O) groups excluding carboxylic acids is 2. The third kappa shape index (κ3) is 3.15. The fourth-order valence-electron chi connectivity index (χ4n) is 4.44. The average molecular weight is 417 g/mol. The van der Waals surface area contributed by atoms with E-state index in [9.17, 15) is 14.7 Å². The molecule has 7 nitrogen and oxygen atoms in total. The van der Waals surface area contributed by atoms with E-state index in [1.807, 2.05) is 29.6 Å². The molecule has 4 atom stereocenters. The van der Waals surface area contributed by atoms with Gasteiger partial charge in [0.2, 0.25) is 11.4 Å². The molecule has 2 aliphatic rings. The van der Waals surface area contributed by atoms with Crippen molar-refractivity contribution in [2.75, 3.05) is 17.7 Å². The van der Waals surface area contributed by atoms with Crippen LogP contribution in [0.5, 0.6) is 5.75 Å². The number of nitrogens with one attached hydrogen (secondary N) is 2. The molecule has 152 valence electrons. The molecule has 1 fully saturated rings. The molecule has 2 heterocycles. The number of benzene rings is 2. The number of hydrogen-bond donors (Lipinski definition) is 4. The average Bonchev–Trinajstić information content (AvgIpc) is 3.22. The van der Waals surface area contributed by atoms with Crippen LogP contribution in [0.2, 0.25) is 5.02 Å². The number of aliphatic hydroxyl groups excluding tert-OH is 1. The fraction of sp³-hybridized carbons (Fsp3) is 0.333. The number of halogens is 1. The smallest absolute Gasteiger partial charge is 0.291 e. The van der Waals surface area contributed by atoms with E-state index in [4.69, 9.17) is 16.3 Å². The van der Waals surface area contributed by atoms with E-state index in [1.165, 1.54) is 7.11 Å². The van der Waals surface area contributed by atoms with E-state index >= 15 is 0 Å². The van der Waals surface area contributed by atoms with E-state index in [0.717, 1.165) is 5.56 Å². The minimum Gasteiger partial charge on any atom is -0.495 e. The van der Waals surface area contributed by atoms with Gasteiger partial charge in [-0.3, -0.25) is 9.59 Å². The maximum atomic E-state index is 13.4. The maximum absolute atomic E-state index is 13.4. The van der Waals surface area contributed by atoms with Gasteiger partial charge in [0.05, 0.1) is 18.5 Å². The van der Waals surface area contributed by atoms with Gasteiger partial charge in [-0.15, -0.1) is 0 Å². The van der Waals surface area contributed by atoms with Crippen molar-refractivity contribution >= 4 is 34.8 Å². The summed E-state index contributed by atoms with van der Waals surface area (Å²) in [4.78, 5) is 26.5. The molecule has 2 amide bonds. The quantitative estimate of drug-likeness (QED) is 0.605. The van der Waals surface area contributed by atoms with Crippen LogP contribution in [0.3, 0.4) is 0 Å². The van der Waals surface area contributed by atoms with Crippen LogP contribution in [0.15, 0.2) is 42.5 Å². The van der Waals surface area contributed by atoms with Gasteiger partial charge in [-0.2, -0.15) is 0 Å². The van der Waals surface area contributed by atoms with E-state index in [2.05, 4.69) is 10.6 Å². The van der Waals surface area contributed by atoms with Gasteiger partial charge < -0.3 is 25.8 Å². The first-order valence-electron chi connectivity index (χ1n) is 9.46. The summed E-state index contributed by atoms with van der Waals surface area (Å²) in [5, 5.41) is 18.3. The van der Waals surface area contributed by atoms with Crippen LogP contribution in [0, 0.1) is 5.92 Å². The zero-order chi connectivity index (χ0) is 20.8. The lowest BCUT2D eigenvalue weighted by Crippen LogP contribution is -2.99. The second kappa shape index (κ2) is 7.33. The van der Waals surface area contributed by atoms with Gasteiger partial charge in [-0.1, -0.05) is 29.8 Å². The Labute approximate surface area is 173 Å². The largest absolute Gasteiger partial charge is 0.495 e. The summed E-state index contributed by atoms with van der Waals surface area (Å²) in [6, 6.07) is 12.0. The molecule has 29 heavy (non-hydrogen) atoms. The Hall–Kier alpha value is -2.61. The molecule has 2 aliphatic heterocycles. The highest BCUT2D eigenvalue weighted by molar-refractivity contribution is 6.31. The number of carbonyl (C=O) groups is 2. The minimum absolute atomic E-state index is 0.250. The molecule has 0 unspecified atom stereocenters. The van der Waals surface area contributed by atoms with Crippen LogP contribution in [0.4, 0.5) is 11.4 Å². The molecule has 0 bridgehead atoms. The predicted molar refractivity (Wildman–Crippen MR) is 109 cm³/mol. The third-order valence-electron chi connectivity index (χ3n) is 5.89. The molecule has 4 rings (SSSR count). The van der Waals surface area contributed by atoms with Crippen LogP contribution in [-0.4, -0.2) is 36.2 Å². The van der Waals surface area contributed by atoms with Gasteiger partial charge >= 0.3 is 0 Å². The zero-order valence-electron chi connectivity index (χ0n) is 16.1. The van der Waals surface area contributed by atoms with Crippen molar-refractivity contribution < 1.29 is 24.7 Å². The molecule has 0 aromatic heterocycles. The highest BCUT2D eigenvalue weighted by atomic mass is 35.5. The normalized spacial score (nSPS) is 26.1. The van der Waals surface area contributed by atoms with Gasteiger partial charge in [0.25, 0.3) is 5.91 Å². The van der Waals surface area contributed by atoms with E-state index in [1.54, 1.807) is 25.1 Å². The molecule has 0 aliphatic carbocycles. The molecule has 1 spiro atoms. The summed E-state index contributed by atoms with van der Waals surface area (Å²) in [6.45, 7) is 1.67. The summed E-state index contributed by atoms with van der Waals surface area (Å²) < 4.78 is 5.32. The SMILES string of the molecule is COc1ccc(Cl)cc1NC(=O)[C@H]1C[C@H]([C@H](C)O)[NH2+][C@]12C(=O)Nc1ccccc12. The lowest BCUT2D eigenvalue weighted by molar-refractivity contribution is -0.737. The van der Waals surface area contributed by atoms with Crippen molar-refractivity contribution in [1.82, 2.24) is 0 Å². The van der Waals surface area contributed by atoms with Gasteiger partial charge in [-0.25, -0.2) is 0 Å². The second-order valence-electron chi connectivity index (χ2n) is 7.56. The molecule has 0 radical (unpaired) electrons. The number of quaternary nitrogens is 1. The Morgan fingerprint density at radius 1 is 1.38 bits per heavy atom. The van der Waals surface area contributed by atoms with E-state index < -0.39 is 17.6 Å². The Morgan fingerprint density at radius 2 is 2.14 bits per heavy atom. The van der Waals surface area contributed by atoms with Crippen LogP contribution in [-0.2, 0) is 15.1 Å². The number of rotatable bonds is 4. The molecule has 2 aromatic rings. The van der Waals surface area contributed by atoms with E-state index in [-0.39, 0.29) is 17.9 Å². The summed E-state index contributed by atoms with van der Waals surface area (Å²) >= 11 is 6.08. The van der Waals surface area contributed by atoms with Gasteiger partial charge in [0, 0.05) is 17.0 Å². The van der Waals surface area contributed by atoms with Crippen LogP contribution >= 0.6 is 11.6 Å². The number of ether oxygens (including phenoxy) is 1. The van der Waals surface area contributed by atoms with E-state index in [0.29, 0.717) is 28.6 Å². The van der Waals surface area contributed by atoms with Crippen LogP contribution < -0.4 is 20.7 Å². The number of aliphatic hydroxyl groups is 1. The van der Waals surface area contributed by atoms with Gasteiger partial charge in [0.15, 0.2) is 0 Å². The molecular formula is C21H23ClN3O4+. The summed E-state index contributed by atoms with van der Waals surface area (Å²) in [5.41, 5.74) is 0.755. The van der Waals surface area contributed by atoms with Crippen molar-refractivity contribution in [2.45, 2.75) is 31.0 Å². The Balaban J connectivity index is 1.74. The third-order valence-corrected chi connectivity index (χ3v) is 6.12. The molecule has 2 aromatic carbocycles. The number of nitrogens with two attached hydrogens (primary N) is 1. The molecule has 8 heteroatoms. The van der Waals surface area contributed by atoms with Crippen molar-refractivity contribution in [2.24, 2.45) is 5.92 Å². The lowest BCUT2D eigenvalue weighted by atomic mass is 9.79. The Bertz CT molecular complexity index is 980. The first-order valence-corrected chi connectivity index (χ1v) is 9.84. The number of fused-ring (bicyclic) bond motifs is 2. The van der Waals surface area contributed by atoms with Crippen molar-refractivity contribution in [3.8, 4) is 5.75 Å². The van der Waals surface area contributed by atoms with Gasteiger partial charge in [0.1, 0.15) is 23.8 Å². The molecule has 0 saturated carbocycles. The maximum Gasteiger partial charge on any atom is 0.291 e.